The summed E-state index contributed by atoms with van der Waals surface area (Å²) in [5.74, 6) is 1.87. The van der Waals surface area contributed by atoms with Crippen LogP contribution in [0, 0.1) is 0 Å². The normalized spacial score (nSPS) is 12.4. The van der Waals surface area contributed by atoms with E-state index in [1.54, 1.807) is 14.0 Å². The quantitative estimate of drug-likeness (QED) is 0.785. The zero-order chi connectivity index (χ0) is 12.3. The summed E-state index contributed by atoms with van der Waals surface area (Å²) >= 11 is 5.86. The molecule has 2 rings (SSSR count). The Hall–Kier alpha value is -1.55. The van der Waals surface area contributed by atoms with E-state index in [-0.39, 0.29) is 5.38 Å². The Morgan fingerprint density at radius 2 is 2.18 bits per heavy atom. The number of aromatic nitrogens is 2. The molecule has 1 aromatic carbocycles. The van der Waals surface area contributed by atoms with Crippen molar-refractivity contribution in [2.24, 2.45) is 0 Å². The first-order valence-corrected chi connectivity index (χ1v) is 5.73. The van der Waals surface area contributed by atoms with Crippen molar-refractivity contribution in [3.8, 4) is 5.75 Å². The topological polar surface area (TPSA) is 48.2 Å². The number of halogens is 1. The molecule has 0 aliphatic heterocycles. The summed E-state index contributed by atoms with van der Waals surface area (Å²) in [6.45, 7) is 1.79. The molecule has 0 spiro atoms. The SMILES string of the molecule is COc1ccccc1Cc1noc(C(C)Cl)n1. The van der Waals surface area contributed by atoms with Crippen molar-refractivity contribution in [3.05, 3.63) is 41.5 Å². The average molecular weight is 253 g/mol. The molecular formula is C12H13ClN2O2. The van der Waals surface area contributed by atoms with Gasteiger partial charge in [0.2, 0.25) is 5.89 Å². The molecule has 0 fully saturated rings. The van der Waals surface area contributed by atoms with Crippen LogP contribution in [-0.2, 0) is 6.42 Å². The first kappa shape index (κ1) is 11.9. The summed E-state index contributed by atoms with van der Waals surface area (Å²) in [5.41, 5.74) is 1.02. The van der Waals surface area contributed by atoms with Crippen molar-refractivity contribution in [2.75, 3.05) is 7.11 Å². The molecule has 0 saturated heterocycles. The first-order valence-electron chi connectivity index (χ1n) is 5.29. The highest BCUT2D eigenvalue weighted by molar-refractivity contribution is 6.20. The van der Waals surface area contributed by atoms with Gasteiger partial charge in [-0.15, -0.1) is 11.6 Å². The number of para-hydroxylation sites is 1. The van der Waals surface area contributed by atoms with E-state index in [4.69, 9.17) is 20.9 Å². The molecule has 5 heteroatoms. The smallest absolute Gasteiger partial charge is 0.244 e. The lowest BCUT2D eigenvalue weighted by molar-refractivity contribution is 0.374. The molecule has 90 valence electrons. The molecule has 2 aromatic rings. The minimum atomic E-state index is -0.270. The maximum absolute atomic E-state index is 5.86. The van der Waals surface area contributed by atoms with Gasteiger partial charge in [0.15, 0.2) is 5.82 Å². The van der Waals surface area contributed by atoms with Crippen LogP contribution < -0.4 is 4.74 Å². The lowest BCUT2D eigenvalue weighted by atomic mass is 10.1. The van der Waals surface area contributed by atoms with Crippen molar-refractivity contribution in [1.29, 1.82) is 0 Å². The molecule has 0 saturated carbocycles. The van der Waals surface area contributed by atoms with Gasteiger partial charge in [0.1, 0.15) is 11.1 Å². The van der Waals surface area contributed by atoms with E-state index >= 15 is 0 Å². The molecule has 1 aromatic heterocycles. The minimum Gasteiger partial charge on any atom is -0.496 e. The molecule has 0 aliphatic carbocycles. The Morgan fingerprint density at radius 3 is 2.82 bits per heavy atom. The number of hydrogen-bond acceptors (Lipinski definition) is 4. The number of methoxy groups -OCH3 is 1. The Kier molecular flexibility index (Phi) is 3.64. The summed E-state index contributed by atoms with van der Waals surface area (Å²) < 4.78 is 10.3. The molecule has 0 bridgehead atoms. The summed E-state index contributed by atoms with van der Waals surface area (Å²) in [4.78, 5) is 4.22. The Morgan fingerprint density at radius 1 is 1.41 bits per heavy atom. The maximum atomic E-state index is 5.86. The van der Waals surface area contributed by atoms with Crippen LogP contribution in [0.15, 0.2) is 28.8 Å². The van der Waals surface area contributed by atoms with E-state index in [2.05, 4.69) is 10.1 Å². The molecule has 0 amide bonds. The molecule has 17 heavy (non-hydrogen) atoms. The fourth-order valence-electron chi connectivity index (χ4n) is 1.52. The molecule has 1 atom stereocenters. The number of alkyl halides is 1. The van der Waals surface area contributed by atoms with Crippen molar-refractivity contribution in [2.45, 2.75) is 18.7 Å². The van der Waals surface area contributed by atoms with Crippen LogP contribution >= 0.6 is 11.6 Å². The van der Waals surface area contributed by atoms with Crippen molar-refractivity contribution in [3.63, 3.8) is 0 Å². The van der Waals surface area contributed by atoms with Gasteiger partial charge in [0, 0.05) is 12.0 Å². The van der Waals surface area contributed by atoms with Gasteiger partial charge in [-0.3, -0.25) is 0 Å². The fraction of sp³-hybridized carbons (Fsp3) is 0.333. The van der Waals surface area contributed by atoms with Crippen LogP contribution in [0.25, 0.3) is 0 Å². The maximum Gasteiger partial charge on any atom is 0.244 e. The monoisotopic (exact) mass is 252 g/mol. The van der Waals surface area contributed by atoms with Crippen LogP contribution in [0.3, 0.4) is 0 Å². The Bertz CT molecular complexity index is 497. The van der Waals surface area contributed by atoms with Gasteiger partial charge in [-0.25, -0.2) is 0 Å². The van der Waals surface area contributed by atoms with E-state index in [1.165, 1.54) is 0 Å². The van der Waals surface area contributed by atoms with Crippen molar-refractivity contribution in [1.82, 2.24) is 10.1 Å². The Labute approximate surface area is 105 Å². The van der Waals surface area contributed by atoms with Crippen LogP contribution in [0.5, 0.6) is 5.75 Å². The molecule has 1 unspecified atom stereocenters. The summed E-state index contributed by atoms with van der Waals surface area (Å²) in [7, 11) is 1.64. The van der Waals surface area contributed by atoms with Crippen LogP contribution in [0.4, 0.5) is 0 Å². The molecule has 0 radical (unpaired) electrons. The van der Waals surface area contributed by atoms with Gasteiger partial charge in [0.05, 0.1) is 7.11 Å². The summed E-state index contributed by atoms with van der Waals surface area (Å²) in [5, 5.41) is 3.61. The predicted octanol–water partition coefficient (Wildman–Crippen LogP) is 2.97. The van der Waals surface area contributed by atoms with E-state index < -0.39 is 0 Å². The lowest BCUT2D eigenvalue weighted by Gasteiger charge is -2.05. The van der Waals surface area contributed by atoms with E-state index in [0.717, 1.165) is 11.3 Å². The Balaban J connectivity index is 2.19. The second-order valence-corrected chi connectivity index (χ2v) is 4.31. The molecule has 0 N–H and O–H groups in total. The zero-order valence-corrected chi connectivity index (χ0v) is 10.4. The van der Waals surface area contributed by atoms with Gasteiger partial charge in [-0.2, -0.15) is 4.98 Å². The summed E-state index contributed by atoms with van der Waals surface area (Å²) in [6.07, 6.45) is 0.567. The highest BCUT2D eigenvalue weighted by Gasteiger charge is 2.13. The van der Waals surface area contributed by atoms with E-state index in [9.17, 15) is 0 Å². The number of hydrogen-bond donors (Lipinski definition) is 0. The molecule has 0 aliphatic rings. The second kappa shape index (κ2) is 5.19. The highest BCUT2D eigenvalue weighted by Crippen LogP contribution is 2.21. The van der Waals surface area contributed by atoms with Gasteiger partial charge in [0.25, 0.3) is 0 Å². The van der Waals surface area contributed by atoms with Gasteiger partial charge in [-0.05, 0) is 13.0 Å². The predicted molar refractivity (Wildman–Crippen MR) is 64.4 cm³/mol. The number of ether oxygens (including phenoxy) is 1. The minimum absolute atomic E-state index is 0.270. The number of nitrogens with zero attached hydrogens (tertiary/aromatic N) is 2. The van der Waals surface area contributed by atoms with Crippen molar-refractivity contribution >= 4 is 11.6 Å². The fourth-order valence-corrected chi connectivity index (χ4v) is 1.61. The van der Waals surface area contributed by atoms with Crippen molar-refractivity contribution < 1.29 is 9.26 Å². The number of rotatable bonds is 4. The van der Waals surface area contributed by atoms with E-state index in [1.807, 2.05) is 24.3 Å². The molecule has 4 nitrogen and oxygen atoms in total. The third-order valence-electron chi connectivity index (χ3n) is 2.37. The molecule has 1 heterocycles. The second-order valence-electron chi connectivity index (χ2n) is 3.65. The zero-order valence-electron chi connectivity index (χ0n) is 9.68. The van der Waals surface area contributed by atoms with Crippen LogP contribution in [0.1, 0.15) is 29.6 Å². The van der Waals surface area contributed by atoms with Crippen LogP contribution in [-0.4, -0.2) is 17.3 Å². The van der Waals surface area contributed by atoms with E-state index in [0.29, 0.717) is 18.1 Å². The standard InChI is InChI=1S/C12H13ClN2O2/c1-8(13)12-14-11(15-17-12)7-9-5-3-4-6-10(9)16-2/h3-6,8H,7H2,1-2H3. The summed E-state index contributed by atoms with van der Waals surface area (Å²) in [6, 6.07) is 7.74. The first-order chi connectivity index (χ1) is 8.20. The highest BCUT2D eigenvalue weighted by atomic mass is 35.5. The average Bonchev–Trinajstić information content (AvgIpc) is 2.78. The van der Waals surface area contributed by atoms with Crippen LogP contribution in [0.2, 0.25) is 0 Å². The largest absolute Gasteiger partial charge is 0.496 e. The molecular weight excluding hydrogens is 240 g/mol. The third-order valence-corrected chi connectivity index (χ3v) is 2.55. The third kappa shape index (κ3) is 2.77. The van der Waals surface area contributed by atoms with Gasteiger partial charge < -0.3 is 9.26 Å². The van der Waals surface area contributed by atoms with Gasteiger partial charge in [-0.1, -0.05) is 23.4 Å². The van der Waals surface area contributed by atoms with Gasteiger partial charge >= 0.3 is 0 Å². The number of benzene rings is 1. The lowest BCUT2D eigenvalue weighted by Crippen LogP contribution is -1.95.